The largest absolute Gasteiger partial charge is 0.382 e. The Kier molecular flexibility index (Phi) is 9.23. The van der Waals surface area contributed by atoms with Gasteiger partial charge in [0.15, 0.2) is 0 Å². The number of ether oxygens (including phenoxy) is 2. The van der Waals surface area contributed by atoms with Gasteiger partial charge in [-0.2, -0.15) is 0 Å². The first kappa shape index (κ1) is 18.6. The molecule has 0 aromatic carbocycles. The van der Waals surface area contributed by atoms with E-state index in [0.717, 1.165) is 6.54 Å². The quantitative estimate of drug-likeness (QED) is 0.701. The monoisotopic (exact) mass is 275 g/mol. The number of methoxy groups -OCH3 is 2. The van der Waals surface area contributed by atoms with Crippen molar-refractivity contribution in [2.45, 2.75) is 33.8 Å². The van der Waals surface area contributed by atoms with Gasteiger partial charge in [-0.05, 0) is 37.9 Å². The van der Waals surface area contributed by atoms with Gasteiger partial charge >= 0.3 is 0 Å². The van der Waals surface area contributed by atoms with Gasteiger partial charge in [0.2, 0.25) is 0 Å². The van der Waals surface area contributed by atoms with E-state index in [1.54, 1.807) is 21.1 Å². The normalized spacial score (nSPS) is 18.2. The lowest BCUT2D eigenvalue weighted by Gasteiger charge is -2.28. The molecule has 4 heteroatoms. The summed E-state index contributed by atoms with van der Waals surface area (Å²) in [5.74, 6) is 0.490. The van der Waals surface area contributed by atoms with Crippen LogP contribution in [0.1, 0.15) is 27.7 Å². The minimum atomic E-state index is -0.310. The first-order chi connectivity index (χ1) is 8.90. The molecule has 1 N–H and O–H groups in total. The fourth-order valence-corrected chi connectivity index (χ4v) is 2.45. The predicted molar refractivity (Wildman–Crippen MR) is 77.9 cm³/mol. The highest BCUT2D eigenvalue weighted by Crippen LogP contribution is 2.30. The maximum absolute atomic E-state index is 14.6. The number of hydrogen-bond donors (Lipinski definition) is 1. The van der Waals surface area contributed by atoms with Crippen molar-refractivity contribution in [2.24, 2.45) is 17.8 Å². The highest BCUT2D eigenvalue weighted by molar-refractivity contribution is 5.14. The molecule has 0 saturated carbocycles. The van der Waals surface area contributed by atoms with Crippen molar-refractivity contribution < 1.29 is 13.9 Å². The molecule has 3 nitrogen and oxygen atoms in total. The van der Waals surface area contributed by atoms with E-state index in [9.17, 15) is 4.39 Å². The Bertz CT molecular complexity index is 279. The standard InChI is InChI=1S/C15H30FNO2/c1-10(2)13(8-17-5)11(3)15(16)12(4)14(19-7)9-18-6/h10-11,13-14,17H,8-9H2,1-7H3/b15-12+/t11?,13-,14-/m1/s1. The van der Waals surface area contributed by atoms with Crippen LogP contribution in [0.2, 0.25) is 0 Å². The summed E-state index contributed by atoms with van der Waals surface area (Å²) in [6.45, 7) is 9.17. The summed E-state index contributed by atoms with van der Waals surface area (Å²) < 4.78 is 24.9. The summed E-state index contributed by atoms with van der Waals surface area (Å²) >= 11 is 0. The number of allylic oxidation sites excluding steroid dienone is 1. The molecule has 19 heavy (non-hydrogen) atoms. The second kappa shape index (κ2) is 9.45. The molecule has 1 unspecified atom stereocenters. The molecule has 0 fully saturated rings. The van der Waals surface area contributed by atoms with Gasteiger partial charge < -0.3 is 14.8 Å². The predicted octanol–water partition coefficient (Wildman–Crippen LogP) is 3.02. The van der Waals surface area contributed by atoms with Crippen LogP contribution in [0.4, 0.5) is 4.39 Å². The van der Waals surface area contributed by atoms with Gasteiger partial charge in [-0.3, -0.25) is 0 Å². The van der Waals surface area contributed by atoms with Crippen LogP contribution in [0.5, 0.6) is 0 Å². The van der Waals surface area contributed by atoms with Crippen molar-refractivity contribution in [1.82, 2.24) is 5.32 Å². The van der Waals surface area contributed by atoms with Crippen LogP contribution in [-0.4, -0.2) is 40.5 Å². The van der Waals surface area contributed by atoms with Gasteiger partial charge in [-0.1, -0.05) is 20.8 Å². The third kappa shape index (κ3) is 5.59. The van der Waals surface area contributed by atoms with E-state index < -0.39 is 0 Å². The fourth-order valence-electron chi connectivity index (χ4n) is 2.45. The van der Waals surface area contributed by atoms with E-state index in [2.05, 4.69) is 19.2 Å². The van der Waals surface area contributed by atoms with E-state index in [-0.39, 0.29) is 23.8 Å². The van der Waals surface area contributed by atoms with Crippen molar-refractivity contribution >= 4 is 0 Å². The first-order valence-corrected chi connectivity index (χ1v) is 6.93. The molecule has 0 aliphatic rings. The lowest BCUT2D eigenvalue weighted by atomic mass is 9.82. The van der Waals surface area contributed by atoms with Gasteiger partial charge in [-0.15, -0.1) is 0 Å². The zero-order valence-electron chi connectivity index (χ0n) is 13.4. The molecule has 0 radical (unpaired) electrons. The van der Waals surface area contributed by atoms with Crippen LogP contribution in [0.25, 0.3) is 0 Å². The minimum absolute atomic E-state index is 0.0714. The van der Waals surface area contributed by atoms with Crippen molar-refractivity contribution in [3.8, 4) is 0 Å². The Hall–Kier alpha value is -0.450. The SMILES string of the molecule is CNC[C@H](C(C)C)C(C)/C(F)=C(/C)[C@@H](COC)OC. The van der Waals surface area contributed by atoms with Crippen molar-refractivity contribution in [3.05, 3.63) is 11.4 Å². The summed E-state index contributed by atoms with van der Waals surface area (Å²) in [6, 6.07) is 0. The van der Waals surface area contributed by atoms with Crippen LogP contribution < -0.4 is 5.32 Å². The number of rotatable bonds is 9. The molecule has 0 rings (SSSR count). The van der Waals surface area contributed by atoms with E-state index in [0.29, 0.717) is 18.1 Å². The van der Waals surface area contributed by atoms with E-state index in [1.165, 1.54) is 0 Å². The Labute approximate surface area is 117 Å². The van der Waals surface area contributed by atoms with Crippen molar-refractivity contribution in [2.75, 3.05) is 34.4 Å². The van der Waals surface area contributed by atoms with Crippen LogP contribution in [0, 0.1) is 17.8 Å². The summed E-state index contributed by atoms with van der Waals surface area (Å²) in [7, 11) is 5.08. The molecule has 0 aromatic heterocycles. The molecule has 0 saturated heterocycles. The molecule has 114 valence electrons. The van der Waals surface area contributed by atoms with E-state index in [1.807, 2.05) is 14.0 Å². The smallest absolute Gasteiger partial charge is 0.105 e. The van der Waals surface area contributed by atoms with E-state index in [4.69, 9.17) is 9.47 Å². The molecule has 0 aromatic rings. The molecular formula is C15H30FNO2. The van der Waals surface area contributed by atoms with Crippen LogP contribution in [0.15, 0.2) is 11.4 Å². The van der Waals surface area contributed by atoms with Gasteiger partial charge in [0, 0.05) is 20.1 Å². The maximum atomic E-state index is 14.6. The summed E-state index contributed by atoms with van der Waals surface area (Å²) in [6.07, 6.45) is -0.310. The second-order valence-corrected chi connectivity index (χ2v) is 5.46. The summed E-state index contributed by atoms with van der Waals surface area (Å²) in [5.41, 5.74) is 0.638. The van der Waals surface area contributed by atoms with Crippen LogP contribution in [0.3, 0.4) is 0 Å². The van der Waals surface area contributed by atoms with Crippen molar-refractivity contribution in [3.63, 3.8) is 0 Å². The van der Waals surface area contributed by atoms with Crippen LogP contribution in [-0.2, 0) is 9.47 Å². The molecule has 0 spiro atoms. The fraction of sp³-hybridized carbons (Fsp3) is 0.867. The van der Waals surface area contributed by atoms with Gasteiger partial charge in [0.25, 0.3) is 0 Å². The van der Waals surface area contributed by atoms with E-state index >= 15 is 0 Å². The highest BCUT2D eigenvalue weighted by atomic mass is 19.1. The van der Waals surface area contributed by atoms with Gasteiger partial charge in [0.05, 0.1) is 6.61 Å². The van der Waals surface area contributed by atoms with Crippen molar-refractivity contribution in [1.29, 1.82) is 0 Å². The number of hydrogen-bond acceptors (Lipinski definition) is 3. The molecule has 0 aliphatic heterocycles. The number of nitrogens with one attached hydrogen (secondary N) is 1. The van der Waals surface area contributed by atoms with Gasteiger partial charge in [0.1, 0.15) is 11.9 Å². The zero-order valence-corrected chi connectivity index (χ0v) is 13.4. The first-order valence-electron chi connectivity index (χ1n) is 6.93. The maximum Gasteiger partial charge on any atom is 0.105 e. The highest BCUT2D eigenvalue weighted by Gasteiger charge is 2.27. The Morgan fingerprint density at radius 1 is 1.21 bits per heavy atom. The lowest BCUT2D eigenvalue weighted by Crippen LogP contribution is -2.30. The van der Waals surface area contributed by atoms with Crippen LogP contribution >= 0.6 is 0 Å². The third-order valence-electron chi connectivity index (χ3n) is 3.80. The summed E-state index contributed by atoms with van der Waals surface area (Å²) in [5, 5.41) is 3.15. The number of halogens is 1. The Balaban J connectivity index is 5.05. The molecule has 0 amide bonds. The molecule has 0 aliphatic carbocycles. The third-order valence-corrected chi connectivity index (χ3v) is 3.80. The topological polar surface area (TPSA) is 30.5 Å². The Morgan fingerprint density at radius 2 is 1.79 bits per heavy atom. The summed E-state index contributed by atoms with van der Waals surface area (Å²) in [4.78, 5) is 0. The molecule has 3 atom stereocenters. The van der Waals surface area contributed by atoms with Gasteiger partial charge in [-0.25, -0.2) is 4.39 Å². The minimum Gasteiger partial charge on any atom is -0.382 e. The Morgan fingerprint density at radius 3 is 2.16 bits per heavy atom. The lowest BCUT2D eigenvalue weighted by molar-refractivity contribution is 0.0476. The molecule has 0 heterocycles. The molecule has 0 bridgehead atoms. The average Bonchev–Trinajstić information content (AvgIpc) is 2.39. The second-order valence-electron chi connectivity index (χ2n) is 5.46. The molecular weight excluding hydrogens is 245 g/mol. The average molecular weight is 275 g/mol. The zero-order chi connectivity index (χ0) is 15.0.